The van der Waals surface area contributed by atoms with E-state index < -0.39 is 0 Å². The maximum Gasteiger partial charge on any atom is 0.136 e. The zero-order valence-electron chi connectivity index (χ0n) is 20.1. The van der Waals surface area contributed by atoms with Crippen LogP contribution >= 0.6 is 11.6 Å². The molecule has 2 aromatic carbocycles. The molecule has 0 bridgehead atoms. The van der Waals surface area contributed by atoms with Gasteiger partial charge in [-0.2, -0.15) is 0 Å². The van der Waals surface area contributed by atoms with Gasteiger partial charge in [-0.3, -0.25) is 0 Å². The van der Waals surface area contributed by atoms with E-state index in [0.29, 0.717) is 5.17 Å². The first kappa shape index (κ1) is 24.7. The molecule has 0 N–H and O–H groups in total. The van der Waals surface area contributed by atoms with Crippen LogP contribution in [0.15, 0.2) is 101 Å². The molecule has 170 valence electrons. The van der Waals surface area contributed by atoms with Crippen molar-refractivity contribution in [2.45, 2.75) is 52.9 Å². The molecule has 0 heterocycles. The molecule has 0 spiro atoms. The van der Waals surface area contributed by atoms with E-state index in [2.05, 4.69) is 81.1 Å². The van der Waals surface area contributed by atoms with Crippen LogP contribution < -0.4 is 0 Å². The lowest BCUT2D eigenvalue weighted by Crippen LogP contribution is -2.03. The van der Waals surface area contributed by atoms with Crippen LogP contribution in [0.2, 0.25) is 0 Å². The Morgan fingerprint density at radius 1 is 1.12 bits per heavy atom. The second-order valence-electron chi connectivity index (χ2n) is 8.47. The minimum Gasteiger partial charge on any atom is -0.240 e. The number of hydrogen-bond acceptors (Lipinski definition) is 1. The summed E-state index contributed by atoms with van der Waals surface area (Å²) in [6.07, 6.45) is 15.9. The van der Waals surface area contributed by atoms with Gasteiger partial charge >= 0.3 is 0 Å². The molecule has 0 aromatic heterocycles. The van der Waals surface area contributed by atoms with Gasteiger partial charge in [-0.05, 0) is 92.3 Å². The number of nitrogens with zero attached hydrogens (tertiary/aromatic N) is 1. The van der Waals surface area contributed by atoms with E-state index in [1.54, 1.807) is 6.08 Å². The molecule has 1 aliphatic rings. The Morgan fingerprint density at radius 2 is 1.91 bits per heavy atom. The van der Waals surface area contributed by atoms with E-state index in [-0.39, 0.29) is 0 Å². The van der Waals surface area contributed by atoms with Crippen molar-refractivity contribution in [3.05, 3.63) is 119 Å². The largest absolute Gasteiger partial charge is 0.240 e. The van der Waals surface area contributed by atoms with Crippen molar-refractivity contribution in [2.24, 2.45) is 4.99 Å². The van der Waals surface area contributed by atoms with Gasteiger partial charge in [-0.15, -0.1) is 0 Å². The van der Waals surface area contributed by atoms with Crippen LogP contribution in [-0.4, -0.2) is 5.17 Å². The van der Waals surface area contributed by atoms with E-state index in [9.17, 15) is 0 Å². The summed E-state index contributed by atoms with van der Waals surface area (Å²) in [5, 5.41) is 0.527. The summed E-state index contributed by atoms with van der Waals surface area (Å²) in [6.45, 7) is 9.99. The molecular weight excluding hydrogens is 422 g/mol. The number of aryl methyl sites for hydroxylation is 1. The lowest BCUT2D eigenvalue weighted by Gasteiger charge is -2.18. The predicted octanol–water partition coefficient (Wildman–Crippen LogP) is 9.25. The summed E-state index contributed by atoms with van der Waals surface area (Å²) >= 11 is 6.85. The molecule has 0 saturated heterocycles. The Morgan fingerprint density at radius 3 is 2.58 bits per heavy atom. The highest BCUT2D eigenvalue weighted by molar-refractivity contribution is 6.76. The Labute approximate surface area is 204 Å². The van der Waals surface area contributed by atoms with Gasteiger partial charge in [-0.25, -0.2) is 4.99 Å². The van der Waals surface area contributed by atoms with Gasteiger partial charge in [0.05, 0.1) is 0 Å². The summed E-state index contributed by atoms with van der Waals surface area (Å²) in [5.41, 5.74) is 9.39. The van der Waals surface area contributed by atoms with Crippen molar-refractivity contribution in [2.75, 3.05) is 0 Å². The SMILES string of the molecule is C=C/C=C\c1cc(C(=C/C)/C(Cl)=N\C(C)=C(\Cc2ccccc2)C2=CCCCC2)ccc1C. The molecule has 0 radical (unpaired) electrons. The first-order chi connectivity index (χ1) is 16.0. The molecule has 2 heteroatoms. The van der Waals surface area contributed by atoms with Crippen molar-refractivity contribution in [3.8, 4) is 0 Å². The van der Waals surface area contributed by atoms with Gasteiger partial charge in [-0.1, -0.05) is 91.0 Å². The zero-order chi connectivity index (χ0) is 23.6. The lowest BCUT2D eigenvalue weighted by atomic mass is 9.89. The maximum atomic E-state index is 6.85. The maximum absolute atomic E-state index is 6.85. The molecular formula is C31H34ClN. The molecule has 2 aromatic rings. The monoisotopic (exact) mass is 455 g/mol. The van der Waals surface area contributed by atoms with Gasteiger partial charge in [0.1, 0.15) is 5.17 Å². The van der Waals surface area contributed by atoms with Crippen molar-refractivity contribution >= 4 is 28.4 Å². The standard InChI is InChI=1S/C31H34ClN/c1-5-7-16-27-22-28(20-19-23(27)3)29(6-2)31(32)33-24(4)30(26-17-12-9-13-18-26)21-25-14-10-8-11-15-25/h5-8,10-11,14-17,19-20,22H,1,9,12-13,18,21H2,2-4H3/b16-7-,29-6-,30-24-,33-31+. The third kappa shape index (κ3) is 6.79. The van der Waals surface area contributed by atoms with Crippen molar-refractivity contribution in [1.29, 1.82) is 0 Å². The van der Waals surface area contributed by atoms with Crippen LogP contribution in [-0.2, 0) is 6.42 Å². The number of hydrogen-bond donors (Lipinski definition) is 0. The van der Waals surface area contributed by atoms with Crippen LogP contribution in [0.25, 0.3) is 11.6 Å². The third-order valence-electron chi connectivity index (χ3n) is 6.12. The van der Waals surface area contributed by atoms with Gasteiger partial charge in [0, 0.05) is 11.3 Å². The highest BCUT2D eigenvalue weighted by Crippen LogP contribution is 2.30. The molecule has 0 unspecified atom stereocenters. The van der Waals surface area contributed by atoms with E-state index in [0.717, 1.165) is 41.7 Å². The summed E-state index contributed by atoms with van der Waals surface area (Å²) in [7, 11) is 0. The minimum atomic E-state index is 0.527. The third-order valence-corrected chi connectivity index (χ3v) is 6.41. The van der Waals surface area contributed by atoms with E-state index in [1.807, 2.05) is 19.1 Å². The lowest BCUT2D eigenvalue weighted by molar-refractivity contribution is 0.701. The molecule has 1 aliphatic carbocycles. The highest BCUT2D eigenvalue weighted by atomic mass is 35.5. The fourth-order valence-electron chi connectivity index (χ4n) is 4.23. The molecule has 0 aliphatic heterocycles. The van der Waals surface area contributed by atoms with Crippen molar-refractivity contribution in [1.82, 2.24) is 0 Å². The number of aliphatic imine (C=N–C) groups is 1. The van der Waals surface area contributed by atoms with Gasteiger partial charge in [0.15, 0.2) is 0 Å². The summed E-state index contributed by atoms with van der Waals surface area (Å²) in [6, 6.07) is 17.0. The first-order valence-corrected chi connectivity index (χ1v) is 12.2. The molecule has 3 rings (SSSR count). The van der Waals surface area contributed by atoms with Gasteiger partial charge in [0.25, 0.3) is 0 Å². The van der Waals surface area contributed by atoms with Gasteiger partial charge < -0.3 is 0 Å². The highest BCUT2D eigenvalue weighted by Gasteiger charge is 2.15. The fraction of sp³-hybridized carbons (Fsp3) is 0.258. The van der Waals surface area contributed by atoms with Crippen LogP contribution in [0.4, 0.5) is 0 Å². The molecule has 0 amide bonds. The van der Waals surface area contributed by atoms with Crippen LogP contribution in [0, 0.1) is 6.92 Å². The number of allylic oxidation sites excluding steroid dienone is 8. The van der Waals surface area contributed by atoms with E-state index in [4.69, 9.17) is 16.6 Å². The molecule has 0 atom stereocenters. The average Bonchev–Trinajstić information content (AvgIpc) is 2.84. The summed E-state index contributed by atoms with van der Waals surface area (Å²) < 4.78 is 0. The number of rotatable bonds is 8. The predicted molar refractivity (Wildman–Crippen MR) is 147 cm³/mol. The van der Waals surface area contributed by atoms with Crippen molar-refractivity contribution < 1.29 is 0 Å². The van der Waals surface area contributed by atoms with E-state index >= 15 is 0 Å². The van der Waals surface area contributed by atoms with E-state index in [1.165, 1.54) is 35.1 Å². The first-order valence-electron chi connectivity index (χ1n) is 11.8. The molecule has 1 nitrogen and oxygen atoms in total. The topological polar surface area (TPSA) is 12.4 Å². The smallest absolute Gasteiger partial charge is 0.136 e. The summed E-state index contributed by atoms with van der Waals surface area (Å²) in [5.74, 6) is 0. The van der Waals surface area contributed by atoms with Crippen LogP contribution in [0.1, 0.15) is 61.8 Å². The molecule has 33 heavy (non-hydrogen) atoms. The Bertz CT molecular complexity index is 1130. The second kappa shape index (κ2) is 12.4. The molecule has 0 fully saturated rings. The minimum absolute atomic E-state index is 0.527. The zero-order valence-corrected chi connectivity index (χ0v) is 20.8. The number of benzene rings is 2. The quantitative estimate of drug-likeness (QED) is 0.277. The second-order valence-corrected chi connectivity index (χ2v) is 8.83. The normalized spacial score (nSPS) is 15.9. The molecule has 0 saturated carbocycles. The summed E-state index contributed by atoms with van der Waals surface area (Å²) in [4.78, 5) is 4.93. The van der Waals surface area contributed by atoms with Crippen LogP contribution in [0.5, 0.6) is 0 Å². The van der Waals surface area contributed by atoms with Crippen LogP contribution in [0.3, 0.4) is 0 Å². The Hall–Kier alpha value is -2.90. The van der Waals surface area contributed by atoms with Crippen molar-refractivity contribution in [3.63, 3.8) is 0 Å². The average molecular weight is 456 g/mol. The Balaban J connectivity index is 2.00. The number of halogens is 1. The Kier molecular flexibility index (Phi) is 9.27. The van der Waals surface area contributed by atoms with Gasteiger partial charge in [0.2, 0.25) is 0 Å². The fourth-order valence-corrected chi connectivity index (χ4v) is 4.57.